The molecule has 1 N–H and O–H groups in total. The minimum Gasteiger partial charge on any atom is -0.309 e. The third kappa shape index (κ3) is 4.60. The SMILES string of the molecule is CCCNC(CCCC(C)C)c1cc2c(s1)CCCC2. The Bertz CT molecular complexity index is 371. The van der Waals surface area contributed by atoms with Crippen molar-refractivity contribution in [2.75, 3.05) is 6.54 Å². The molecule has 0 aromatic carbocycles. The fourth-order valence-electron chi connectivity index (χ4n) is 3.08. The van der Waals surface area contributed by atoms with Gasteiger partial charge in [0.1, 0.15) is 0 Å². The molecule has 0 bridgehead atoms. The van der Waals surface area contributed by atoms with Crippen LogP contribution in [0.4, 0.5) is 0 Å². The van der Waals surface area contributed by atoms with Crippen LogP contribution >= 0.6 is 11.3 Å². The Morgan fingerprint density at radius 2 is 2.00 bits per heavy atom. The van der Waals surface area contributed by atoms with Gasteiger partial charge in [0, 0.05) is 15.8 Å². The zero-order valence-electron chi connectivity index (χ0n) is 13.5. The van der Waals surface area contributed by atoms with Gasteiger partial charge in [-0.2, -0.15) is 0 Å². The molecule has 1 aromatic rings. The fraction of sp³-hybridized carbons (Fsp3) is 0.778. The molecule has 2 heteroatoms. The first-order valence-corrected chi connectivity index (χ1v) is 9.37. The summed E-state index contributed by atoms with van der Waals surface area (Å²) in [6.07, 6.45) is 10.7. The van der Waals surface area contributed by atoms with Gasteiger partial charge in [0.2, 0.25) is 0 Å². The number of hydrogen-bond donors (Lipinski definition) is 1. The largest absolute Gasteiger partial charge is 0.309 e. The number of thiophene rings is 1. The normalized spacial score (nSPS) is 16.4. The van der Waals surface area contributed by atoms with E-state index in [4.69, 9.17) is 0 Å². The van der Waals surface area contributed by atoms with Crippen LogP contribution in [0.25, 0.3) is 0 Å². The van der Waals surface area contributed by atoms with Gasteiger partial charge >= 0.3 is 0 Å². The van der Waals surface area contributed by atoms with E-state index in [0.717, 1.165) is 12.5 Å². The molecule has 114 valence electrons. The Balaban J connectivity index is 1.99. The van der Waals surface area contributed by atoms with E-state index in [-0.39, 0.29) is 0 Å². The summed E-state index contributed by atoms with van der Waals surface area (Å²) in [5.74, 6) is 0.832. The molecule has 0 aliphatic heterocycles. The van der Waals surface area contributed by atoms with Gasteiger partial charge in [-0.25, -0.2) is 0 Å². The maximum Gasteiger partial charge on any atom is 0.0414 e. The zero-order chi connectivity index (χ0) is 14.4. The molecule has 1 aromatic heterocycles. The second-order valence-corrected chi connectivity index (χ2v) is 7.80. The number of fused-ring (bicyclic) bond motifs is 1. The monoisotopic (exact) mass is 293 g/mol. The minimum atomic E-state index is 0.601. The second-order valence-electron chi connectivity index (χ2n) is 6.64. The Morgan fingerprint density at radius 1 is 1.20 bits per heavy atom. The molecule has 0 fully saturated rings. The van der Waals surface area contributed by atoms with Crippen LogP contribution in [0.1, 0.15) is 80.7 Å². The second kappa shape index (κ2) is 8.19. The molecular weight excluding hydrogens is 262 g/mol. The van der Waals surface area contributed by atoms with Gasteiger partial charge in [-0.15, -0.1) is 11.3 Å². The molecule has 0 saturated heterocycles. The Hall–Kier alpha value is -0.340. The third-order valence-corrected chi connectivity index (χ3v) is 5.62. The Labute approximate surface area is 129 Å². The number of nitrogens with one attached hydrogen (secondary N) is 1. The van der Waals surface area contributed by atoms with E-state index in [1.807, 2.05) is 0 Å². The highest BCUT2D eigenvalue weighted by Gasteiger charge is 2.18. The summed E-state index contributed by atoms with van der Waals surface area (Å²) in [4.78, 5) is 3.28. The molecule has 2 rings (SSSR count). The van der Waals surface area contributed by atoms with Crippen LogP contribution < -0.4 is 5.32 Å². The molecule has 0 radical (unpaired) electrons. The summed E-state index contributed by atoms with van der Waals surface area (Å²) in [6.45, 7) is 8.07. The van der Waals surface area contributed by atoms with Gasteiger partial charge in [-0.3, -0.25) is 0 Å². The van der Waals surface area contributed by atoms with Crippen molar-refractivity contribution in [3.63, 3.8) is 0 Å². The summed E-state index contributed by atoms with van der Waals surface area (Å²) in [5.41, 5.74) is 1.66. The van der Waals surface area contributed by atoms with Crippen molar-refractivity contribution >= 4 is 11.3 Å². The summed E-state index contributed by atoms with van der Waals surface area (Å²) in [5, 5.41) is 3.78. The highest BCUT2D eigenvalue weighted by atomic mass is 32.1. The minimum absolute atomic E-state index is 0.601. The first-order valence-electron chi connectivity index (χ1n) is 8.55. The van der Waals surface area contributed by atoms with Crippen LogP contribution in [0.15, 0.2) is 6.07 Å². The van der Waals surface area contributed by atoms with Crippen molar-refractivity contribution in [1.29, 1.82) is 0 Å². The van der Waals surface area contributed by atoms with Crippen LogP contribution in [0, 0.1) is 5.92 Å². The molecule has 20 heavy (non-hydrogen) atoms. The van der Waals surface area contributed by atoms with Crippen molar-refractivity contribution in [3.8, 4) is 0 Å². The molecule has 1 atom stereocenters. The Kier molecular flexibility index (Phi) is 6.57. The quantitative estimate of drug-likeness (QED) is 0.668. The van der Waals surface area contributed by atoms with E-state index in [1.54, 1.807) is 15.3 Å². The molecule has 0 saturated carbocycles. The van der Waals surface area contributed by atoms with E-state index in [0.29, 0.717) is 6.04 Å². The highest BCUT2D eigenvalue weighted by molar-refractivity contribution is 7.12. The van der Waals surface area contributed by atoms with Crippen LogP contribution in [-0.2, 0) is 12.8 Å². The predicted octanol–water partition coefficient (Wildman–Crippen LogP) is 5.49. The fourth-order valence-corrected chi connectivity index (χ4v) is 4.45. The van der Waals surface area contributed by atoms with E-state index < -0.39 is 0 Å². The first kappa shape index (κ1) is 16.0. The average Bonchev–Trinajstić information content (AvgIpc) is 2.85. The maximum atomic E-state index is 3.78. The summed E-state index contributed by atoms with van der Waals surface area (Å²) in [6, 6.07) is 3.12. The lowest BCUT2D eigenvalue weighted by Gasteiger charge is -2.17. The maximum absolute atomic E-state index is 3.78. The molecular formula is C18H31NS. The predicted molar refractivity (Wildman–Crippen MR) is 90.7 cm³/mol. The molecule has 1 aliphatic rings. The zero-order valence-corrected chi connectivity index (χ0v) is 14.3. The lowest BCUT2D eigenvalue weighted by Crippen LogP contribution is -2.21. The van der Waals surface area contributed by atoms with E-state index in [1.165, 1.54) is 51.4 Å². The first-order chi connectivity index (χ1) is 9.70. The van der Waals surface area contributed by atoms with Crippen LogP contribution in [0.5, 0.6) is 0 Å². The van der Waals surface area contributed by atoms with Gasteiger partial charge in [-0.1, -0.05) is 33.6 Å². The lowest BCUT2D eigenvalue weighted by molar-refractivity contribution is 0.452. The van der Waals surface area contributed by atoms with Crippen LogP contribution in [0.2, 0.25) is 0 Å². The number of aryl methyl sites for hydroxylation is 2. The van der Waals surface area contributed by atoms with Crippen molar-refractivity contribution < 1.29 is 0 Å². The standard InChI is InChI=1S/C18H31NS/c1-4-12-19-16(10-7-8-14(2)3)18-13-15-9-5-6-11-17(15)20-18/h13-14,16,19H,4-12H2,1-3H3. The topological polar surface area (TPSA) is 12.0 Å². The van der Waals surface area contributed by atoms with Crippen molar-refractivity contribution in [1.82, 2.24) is 5.32 Å². The van der Waals surface area contributed by atoms with Crippen molar-refractivity contribution in [3.05, 3.63) is 21.4 Å². The van der Waals surface area contributed by atoms with Gasteiger partial charge in [-0.05, 0) is 62.6 Å². The summed E-state index contributed by atoms with van der Waals surface area (Å²) >= 11 is 2.09. The number of hydrogen-bond acceptors (Lipinski definition) is 2. The molecule has 0 amide bonds. The van der Waals surface area contributed by atoms with E-state index in [9.17, 15) is 0 Å². The summed E-state index contributed by atoms with van der Waals surface area (Å²) in [7, 11) is 0. The molecule has 0 spiro atoms. The van der Waals surface area contributed by atoms with Gasteiger partial charge in [0.15, 0.2) is 0 Å². The molecule has 1 aliphatic carbocycles. The highest BCUT2D eigenvalue weighted by Crippen LogP contribution is 2.34. The summed E-state index contributed by atoms with van der Waals surface area (Å²) < 4.78 is 0. The van der Waals surface area contributed by atoms with Crippen molar-refractivity contribution in [2.45, 2.75) is 78.2 Å². The van der Waals surface area contributed by atoms with Gasteiger partial charge in [0.05, 0.1) is 0 Å². The van der Waals surface area contributed by atoms with Crippen LogP contribution in [-0.4, -0.2) is 6.54 Å². The van der Waals surface area contributed by atoms with Gasteiger partial charge in [0.25, 0.3) is 0 Å². The van der Waals surface area contributed by atoms with E-state index in [2.05, 4.69) is 43.5 Å². The lowest BCUT2D eigenvalue weighted by atomic mass is 9.97. The van der Waals surface area contributed by atoms with E-state index >= 15 is 0 Å². The third-order valence-electron chi connectivity index (χ3n) is 4.27. The Morgan fingerprint density at radius 3 is 2.70 bits per heavy atom. The number of rotatable bonds is 8. The average molecular weight is 294 g/mol. The van der Waals surface area contributed by atoms with Crippen LogP contribution in [0.3, 0.4) is 0 Å². The molecule has 1 nitrogen and oxygen atoms in total. The van der Waals surface area contributed by atoms with Gasteiger partial charge < -0.3 is 5.32 Å². The van der Waals surface area contributed by atoms with Crippen molar-refractivity contribution in [2.24, 2.45) is 5.92 Å². The molecule has 1 unspecified atom stereocenters. The smallest absolute Gasteiger partial charge is 0.0414 e. The molecule has 1 heterocycles.